The van der Waals surface area contributed by atoms with Crippen molar-refractivity contribution in [3.63, 3.8) is 0 Å². The third kappa shape index (κ3) is 4.09. The van der Waals surface area contributed by atoms with E-state index in [4.69, 9.17) is 5.26 Å². The van der Waals surface area contributed by atoms with Crippen molar-refractivity contribution in [3.05, 3.63) is 69.0 Å². The zero-order chi connectivity index (χ0) is 18.4. The van der Waals surface area contributed by atoms with Gasteiger partial charge in [0.15, 0.2) is 0 Å². The summed E-state index contributed by atoms with van der Waals surface area (Å²) in [6.07, 6.45) is 0. The Morgan fingerprint density at radius 1 is 1.28 bits per heavy atom. The van der Waals surface area contributed by atoms with Gasteiger partial charge in [0.25, 0.3) is 11.6 Å². The molecule has 0 radical (unpaired) electrons. The quantitative estimate of drug-likeness (QED) is 0.477. The van der Waals surface area contributed by atoms with E-state index in [2.05, 4.69) is 10.6 Å². The molecule has 25 heavy (non-hydrogen) atoms. The standard InChI is InChI=1S/C17H15FN4O3/c1-11-12(4-2-7-16(11)22(24)25)17(23)21-9-8-20-15-6-3-5-14(18)13(15)10-19/h2-7,20H,8-9H2,1H3,(H,21,23). The van der Waals surface area contributed by atoms with Gasteiger partial charge in [-0.1, -0.05) is 12.1 Å². The monoisotopic (exact) mass is 342 g/mol. The molecule has 0 atom stereocenters. The van der Waals surface area contributed by atoms with Crippen molar-refractivity contribution in [2.24, 2.45) is 0 Å². The summed E-state index contributed by atoms with van der Waals surface area (Å²) in [4.78, 5) is 22.5. The Balaban J connectivity index is 1.96. The maximum absolute atomic E-state index is 13.5. The molecule has 0 spiro atoms. The van der Waals surface area contributed by atoms with Gasteiger partial charge in [-0.2, -0.15) is 5.26 Å². The molecule has 0 fully saturated rings. The van der Waals surface area contributed by atoms with E-state index >= 15 is 0 Å². The summed E-state index contributed by atoms with van der Waals surface area (Å²) in [5.74, 6) is -1.06. The summed E-state index contributed by atoms with van der Waals surface area (Å²) < 4.78 is 13.5. The highest BCUT2D eigenvalue weighted by Gasteiger charge is 2.17. The minimum Gasteiger partial charge on any atom is -0.382 e. The molecule has 1 amide bonds. The summed E-state index contributed by atoms with van der Waals surface area (Å²) in [5.41, 5.74) is 0.628. The number of hydrogen-bond donors (Lipinski definition) is 2. The molecule has 0 aliphatic carbocycles. The predicted molar refractivity (Wildman–Crippen MR) is 89.8 cm³/mol. The minimum atomic E-state index is -0.622. The van der Waals surface area contributed by atoms with Crippen molar-refractivity contribution in [2.45, 2.75) is 6.92 Å². The number of carbonyl (C=O) groups is 1. The first-order valence-electron chi connectivity index (χ1n) is 7.40. The lowest BCUT2D eigenvalue weighted by Crippen LogP contribution is -2.29. The summed E-state index contributed by atoms with van der Waals surface area (Å²) in [6.45, 7) is 1.97. The maximum Gasteiger partial charge on any atom is 0.273 e. The highest BCUT2D eigenvalue weighted by atomic mass is 19.1. The minimum absolute atomic E-state index is 0.0941. The first kappa shape index (κ1) is 17.9. The summed E-state index contributed by atoms with van der Waals surface area (Å²) in [5, 5.41) is 25.3. The first-order valence-corrected chi connectivity index (χ1v) is 7.40. The molecule has 7 nitrogen and oxygen atoms in total. The van der Waals surface area contributed by atoms with E-state index in [1.54, 1.807) is 12.1 Å². The van der Waals surface area contributed by atoms with E-state index in [1.807, 2.05) is 0 Å². The lowest BCUT2D eigenvalue weighted by Gasteiger charge is -2.10. The molecule has 8 heteroatoms. The van der Waals surface area contributed by atoms with Crippen LogP contribution >= 0.6 is 0 Å². The van der Waals surface area contributed by atoms with Crippen LogP contribution in [-0.2, 0) is 0 Å². The van der Waals surface area contributed by atoms with Crippen LogP contribution in [0.2, 0.25) is 0 Å². The van der Waals surface area contributed by atoms with Gasteiger partial charge in [-0.15, -0.1) is 0 Å². The molecule has 0 saturated carbocycles. The van der Waals surface area contributed by atoms with Crippen LogP contribution in [0.25, 0.3) is 0 Å². The summed E-state index contributed by atoms with van der Waals surface area (Å²) in [6, 6.07) is 10.3. The zero-order valence-electron chi connectivity index (χ0n) is 13.4. The molecular formula is C17H15FN4O3. The van der Waals surface area contributed by atoms with Gasteiger partial charge >= 0.3 is 0 Å². The average Bonchev–Trinajstić information content (AvgIpc) is 2.58. The Kier molecular flexibility index (Phi) is 5.63. The third-order valence-electron chi connectivity index (χ3n) is 3.60. The fraction of sp³-hybridized carbons (Fsp3) is 0.176. The molecule has 0 aromatic heterocycles. The van der Waals surface area contributed by atoms with Crippen molar-refractivity contribution >= 4 is 17.3 Å². The van der Waals surface area contributed by atoms with Crippen LogP contribution in [0.5, 0.6) is 0 Å². The second kappa shape index (κ2) is 7.88. The number of nitriles is 1. The SMILES string of the molecule is Cc1c(C(=O)NCCNc2cccc(F)c2C#N)cccc1[N+](=O)[O-]. The number of nitro benzene ring substituents is 1. The van der Waals surface area contributed by atoms with Crippen molar-refractivity contribution in [2.75, 3.05) is 18.4 Å². The van der Waals surface area contributed by atoms with E-state index in [0.717, 1.165) is 0 Å². The summed E-state index contributed by atoms with van der Waals surface area (Å²) in [7, 11) is 0. The first-order chi connectivity index (χ1) is 12.0. The van der Waals surface area contributed by atoms with E-state index in [-0.39, 0.29) is 35.5 Å². The number of nitro groups is 1. The number of anilines is 1. The van der Waals surface area contributed by atoms with E-state index in [0.29, 0.717) is 5.69 Å². The Morgan fingerprint density at radius 3 is 2.68 bits per heavy atom. The Bertz CT molecular complexity index is 861. The van der Waals surface area contributed by atoms with Gasteiger partial charge in [-0.25, -0.2) is 4.39 Å². The van der Waals surface area contributed by atoms with Crippen molar-refractivity contribution < 1.29 is 14.1 Å². The Hall–Kier alpha value is -3.47. The van der Waals surface area contributed by atoms with Gasteiger partial charge in [0.2, 0.25) is 0 Å². The molecule has 0 heterocycles. The molecule has 2 aromatic rings. The highest BCUT2D eigenvalue weighted by Crippen LogP contribution is 2.21. The van der Waals surface area contributed by atoms with Crippen molar-refractivity contribution in [1.29, 1.82) is 5.26 Å². The normalized spacial score (nSPS) is 9.96. The van der Waals surface area contributed by atoms with Gasteiger partial charge in [0.05, 0.1) is 10.6 Å². The van der Waals surface area contributed by atoms with Crippen LogP contribution in [0.1, 0.15) is 21.5 Å². The topological polar surface area (TPSA) is 108 Å². The number of nitrogens with one attached hydrogen (secondary N) is 2. The Morgan fingerprint density at radius 2 is 2.00 bits per heavy atom. The smallest absolute Gasteiger partial charge is 0.273 e. The molecule has 2 aromatic carbocycles. The molecular weight excluding hydrogens is 327 g/mol. The number of nitrogens with zero attached hydrogens (tertiary/aromatic N) is 2. The molecule has 0 aliphatic rings. The second-order valence-electron chi connectivity index (χ2n) is 5.16. The van der Waals surface area contributed by atoms with Gasteiger partial charge in [-0.3, -0.25) is 14.9 Å². The van der Waals surface area contributed by atoms with Crippen molar-refractivity contribution in [1.82, 2.24) is 5.32 Å². The average molecular weight is 342 g/mol. The Labute approximate surface area is 143 Å². The lowest BCUT2D eigenvalue weighted by molar-refractivity contribution is -0.385. The largest absolute Gasteiger partial charge is 0.382 e. The maximum atomic E-state index is 13.5. The molecule has 2 N–H and O–H groups in total. The molecule has 2 rings (SSSR count). The number of rotatable bonds is 6. The third-order valence-corrected chi connectivity index (χ3v) is 3.60. The fourth-order valence-electron chi connectivity index (χ4n) is 2.32. The van der Waals surface area contributed by atoms with Gasteiger partial charge in [0.1, 0.15) is 17.4 Å². The molecule has 0 aliphatic heterocycles. The molecule has 0 saturated heterocycles. The number of hydrogen-bond acceptors (Lipinski definition) is 5. The van der Waals surface area contributed by atoms with Crippen LogP contribution in [0, 0.1) is 34.2 Å². The fourth-order valence-corrected chi connectivity index (χ4v) is 2.32. The van der Waals surface area contributed by atoms with Crippen LogP contribution in [0.4, 0.5) is 15.8 Å². The zero-order valence-corrected chi connectivity index (χ0v) is 13.4. The van der Waals surface area contributed by atoms with E-state index in [1.165, 1.54) is 37.3 Å². The number of halogens is 1. The van der Waals surface area contributed by atoms with Crippen LogP contribution in [0.15, 0.2) is 36.4 Å². The van der Waals surface area contributed by atoms with Crippen LogP contribution < -0.4 is 10.6 Å². The van der Waals surface area contributed by atoms with Gasteiger partial charge in [-0.05, 0) is 25.1 Å². The van der Waals surface area contributed by atoms with Gasteiger partial charge < -0.3 is 10.6 Å². The lowest BCUT2D eigenvalue weighted by atomic mass is 10.1. The molecule has 128 valence electrons. The number of carbonyl (C=O) groups excluding carboxylic acids is 1. The summed E-state index contributed by atoms with van der Waals surface area (Å²) >= 11 is 0. The predicted octanol–water partition coefficient (Wildman–Crippen LogP) is 2.76. The molecule has 0 unspecified atom stereocenters. The van der Waals surface area contributed by atoms with E-state index < -0.39 is 16.6 Å². The van der Waals surface area contributed by atoms with E-state index in [9.17, 15) is 19.3 Å². The van der Waals surface area contributed by atoms with Gasteiger partial charge in [0, 0.05) is 30.3 Å². The number of amides is 1. The second-order valence-corrected chi connectivity index (χ2v) is 5.16. The van der Waals surface area contributed by atoms with Crippen LogP contribution in [0.3, 0.4) is 0 Å². The molecule has 0 bridgehead atoms. The highest BCUT2D eigenvalue weighted by molar-refractivity contribution is 5.96. The van der Waals surface area contributed by atoms with Crippen LogP contribution in [-0.4, -0.2) is 23.9 Å². The number of benzene rings is 2. The van der Waals surface area contributed by atoms with Crippen molar-refractivity contribution in [3.8, 4) is 6.07 Å².